The maximum atomic E-state index is 12.1. The minimum Gasteiger partial charge on any atom is -0.406 e. The average Bonchev–Trinajstić information content (AvgIpc) is 3.17. The van der Waals surface area contributed by atoms with Crippen molar-refractivity contribution < 1.29 is 17.9 Å². The highest BCUT2D eigenvalue weighted by Gasteiger charge is 2.30. The van der Waals surface area contributed by atoms with Gasteiger partial charge >= 0.3 is 6.36 Å². The summed E-state index contributed by atoms with van der Waals surface area (Å²) in [6.45, 7) is 3.70. The third kappa shape index (κ3) is 5.75. The molecule has 0 atom stereocenters. The monoisotopic (exact) mass is 399 g/mol. The van der Waals surface area contributed by atoms with Gasteiger partial charge in [-0.1, -0.05) is 12.1 Å². The summed E-state index contributed by atoms with van der Waals surface area (Å²) in [6, 6.07) is 5.79. The second-order valence-corrected chi connectivity index (χ2v) is 6.84. The molecule has 6 nitrogen and oxygen atoms in total. The fourth-order valence-electron chi connectivity index (χ4n) is 2.76. The van der Waals surface area contributed by atoms with Crippen molar-refractivity contribution >= 4 is 22.4 Å². The Morgan fingerprint density at radius 2 is 1.89 bits per heavy atom. The molecule has 1 aromatic carbocycles. The number of alkyl halides is 3. The third-order valence-corrected chi connectivity index (χ3v) is 4.96. The molecule has 1 aliphatic heterocycles. The van der Waals surface area contributed by atoms with Crippen molar-refractivity contribution in [3.8, 4) is 5.75 Å². The third-order valence-electron chi connectivity index (χ3n) is 4.12. The second kappa shape index (κ2) is 8.47. The van der Waals surface area contributed by atoms with Gasteiger partial charge in [0.15, 0.2) is 11.1 Å². The Bertz CT molecular complexity index is 741. The van der Waals surface area contributed by atoms with Gasteiger partial charge in [-0.2, -0.15) is 0 Å². The summed E-state index contributed by atoms with van der Waals surface area (Å²) >= 11 is 1.62. The van der Waals surface area contributed by atoms with Crippen molar-refractivity contribution in [3.05, 3.63) is 41.4 Å². The first-order chi connectivity index (χ1) is 12.9. The van der Waals surface area contributed by atoms with E-state index in [0.717, 1.165) is 36.9 Å². The van der Waals surface area contributed by atoms with E-state index >= 15 is 0 Å². The smallest absolute Gasteiger partial charge is 0.406 e. The number of anilines is 1. The molecule has 27 heavy (non-hydrogen) atoms. The van der Waals surface area contributed by atoms with E-state index in [9.17, 15) is 13.2 Å². The number of aliphatic imine (C=N–C) groups is 1. The molecule has 1 aliphatic rings. The van der Waals surface area contributed by atoms with Gasteiger partial charge in [-0.05, 0) is 24.1 Å². The summed E-state index contributed by atoms with van der Waals surface area (Å²) in [6.07, 6.45) is -2.29. The van der Waals surface area contributed by atoms with E-state index in [1.165, 1.54) is 12.1 Å². The molecule has 0 spiro atoms. The van der Waals surface area contributed by atoms with Crippen molar-refractivity contribution in [2.45, 2.75) is 12.8 Å². The fraction of sp³-hybridized carbons (Fsp3) is 0.412. The number of benzene rings is 1. The molecular formula is C17H20F3N5OS. The van der Waals surface area contributed by atoms with E-state index in [2.05, 4.69) is 19.6 Å². The van der Waals surface area contributed by atoms with Gasteiger partial charge in [-0.25, -0.2) is 4.98 Å². The quantitative estimate of drug-likeness (QED) is 0.619. The Kier molecular flexibility index (Phi) is 6.04. The lowest BCUT2D eigenvalue weighted by Crippen LogP contribution is -2.51. The molecule has 2 N–H and O–H groups in total. The SMILES string of the molecule is NC(=NCCc1ccc(OC(F)(F)F)cc1)N1CCN(c2nccs2)CC1. The second-order valence-electron chi connectivity index (χ2n) is 5.97. The van der Waals surface area contributed by atoms with Crippen LogP contribution in [-0.4, -0.2) is 54.9 Å². The van der Waals surface area contributed by atoms with Crippen molar-refractivity contribution in [3.63, 3.8) is 0 Å². The van der Waals surface area contributed by atoms with Gasteiger partial charge in [0, 0.05) is 44.3 Å². The number of nitrogens with two attached hydrogens (primary N) is 1. The molecule has 1 aromatic heterocycles. The minimum absolute atomic E-state index is 0.229. The molecular weight excluding hydrogens is 379 g/mol. The van der Waals surface area contributed by atoms with Gasteiger partial charge < -0.3 is 20.3 Å². The van der Waals surface area contributed by atoms with Crippen LogP contribution >= 0.6 is 11.3 Å². The normalized spacial score (nSPS) is 15.9. The summed E-state index contributed by atoms with van der Waals surface area (Å²) in [7, 11) is 0. The van der Waals surface area contributed by atoms with E-state index in [1.54, 1.807) is 29.7 Å². The highest BCUT2D eigenvalue weighted by atomic mass is 32.1. The van der Waals surface area contributed by atoms with E-state index in [4.69, 9.17) is 5.73 Å². The topological polar surface area (TPSA) is 67.0 Å². The predicted molar refractivity (Wildman–Crippen MR) is 99.2 cm³/mol. The van der Waals surface area contributed by atoms with Crippen molar-refractivity contribution in [1.82, 2.24) is 9.88 Å². The number of hydrogen-bond donors (Lipinski definition) is 1. The highest BCUT2D eigenvalue weighted by molar-refractivity contribution is 7.13. The molecule has 0 unspecified atom stereocenters. The molecule has 10 heteroatoms. The van der Waals surface area contributed by atoms with Crippen LogP contribution in [0.1, 0.15) is 5.56 Å². The first kappa shape index (κ1) is 19.3. The predicted octanol–water partition coefficient (Wildman–Crippen LogP) is 2.72. The molecule has 0 amide bonds. The van der Waals surface area contributed by atoms with E-state index in [0.29, 0.717) is 18.9 Å². The van der Waals surface area contributed by atoms with Gasteiger partial charge in [0.05, 0.1) is 0 Å². The molecule has 0 aliphatic carbocycles. The zero-order chi connectivity index (χ0) is 19.3. The zero-order valence-electron chi connectivity index (χ0n) is 14.5. The number of hydrogen-bond acceptors (Lipinski definition) is 5. The van der Waals surface area contributed by atoms with Gasteiger partial charge in [0.25, 0.3) is 0 Å². The van der Waals surface area contributed by atoms with Gasteiger partial charge in [0.1, 0.15) is 5.75 Å². The Balaban J connectivity index is 1.44. The van der Waals surface area contributed by atoms with Crippen molar-refractivity contribution in [2.24, 2.45) is 10.7 Å². The molecule has 2 aromatic rings. The van der Waals surface area contributed by atoms with Crippen LogP contribution in [-0.2, 0) is 6.42 Å². The maximum absolute atomic E-state index is 12.1. The van der Waals surface area contributed by atoms with Crippen molar-refractivity contribution in [2.75, 3.05) is 37.6 Å². The number of piperazine rings is 1. The molecule has 2 heterocycles. The molecule has 0 saturated carbocycles. The molecule has 146 valence electrons. The van der Waals surface area contributed by atoms with Gasteiger partial charge in [-0.3, -0.25) is 4.99 Å². The van der Waals surface area contributed by atoms with E-state index in [1.807, 2.05) is 10.3 Å². The molecule has 1 saturated heterocycles. The summed E-state index contributed by atoms with van der Waals surface area (Å²) in [5.74, 6) is 0.262. The summed E-state index contributed by atoms with van der Waals surface area (Å²) in [4.78, 5) is 13.0. The molecule has 3 rings (SSSR count). The summed E-state index contributed by atoms with van der Waals surface area (Å²) in [5.41, 5.74) is 6.94. The lowest BCUT2D eigenvalue weighted by Gasteiger charge is -2.35. The summed E-state index contributed by atoms with van der Waals surface area (Å²) in [5, 5.41) is 2.97. The maximum Gasteiger partial charge on any atom is 0.573 e. The number of halogens is 3. The number of aromatic nitrogens is 1. The largest absolute Gasteiger partial charge is 0.573 e. The van der Waals surface area contributed by atoms with Crippen LogP contribution in [0.15, 0.2) is 40.8 Å². The van der Waals surface area contributed by atoms with E-state index < -0.39 is 6.36 Å². The molecule has 1 fully saturated rings. The Labute approximate surface area is 159 Å². The van der Waals surface area contributed by atoms with Gasteiger partial charge in [0.2, 0.25) is 0 Å². The van der Waals surface area contributed by atoms with Crippen LogP contribution in [0.3, 0.4) is 0 Å². The van der Waals surface area contributed by atoms with E-state index in [-0.39, 0.29) is 5.75 Å². The van der Waals surface area contributed by atoms with Crippen LogP contribution in [0.25, 0.3) is 0 Å². The molecule has 0 radical (unpaired) electrons. The van der Waals surface area contributed by atoms with Crippen LogP contribution in [0.5, 0.6) is 5.75 Å². The standard InChI is InChI=1S/C17H20F3N5OS/c18-17(19,20)26-14-3-1-13(2-4-14)5-6-22-15(21)24-8-10-25(11-9-24)16-23-7-12-27-16/h1-4,7,12H,5-6,8-11H2,(H2,21,22). The summed E-state index contributed by atoms with van der Waals surface area (Å²) < 4.78 is 40.3. The molecule has 0 bridgehead atoms. The lowest BCUT2D eigenvalue weighted by atomic mass is 10.1. The number of thiazole rings is 1. The first-order valence-electron chi connectivity index (χ1n) is 8.45. The first-order valence-corrected chi connectivity index (χ1v) is 9.33. The minimum atomic E-state index is -4.68. The van der Waals surface area contributed by atoms with Crippen LogP contribution < -0.4 is 15.4 Å². The Morgan fingerprint density at radius 1 is 1.19 bits per heavy atom. The van der Waals surface area contributed by atoms with Crippen LogP contribution in [0, 0.1) is 0 Å². The van der Waals surface area contributed by atoms with Crippen LogP contribution in [0.2, 0.25) is 0 Å². The fourth-order valence-corrected chi connectivity index (χ4v) is 3.45. The number of rotatable bonds is 5. The highest BCUT2D eigenvalue weighted by Crippen LogP contribution is 2.23. The van der Waals surface area contributed by atoms with Crippen LogP contribution in [0.4, 0.5) is 18.3 Å². The van der Waals surface area contributed by atoms with Gasteiger partial charge in [-0.15, -0.1) is 24.5 Å². The lowest BCUT2D eigenvalue weighted by molar-refractivity contribution is -0.274. The number of guanidine groups is 1. The zero-order valence-corrected chi connectivity index (χ0v) is 15.3. The Hall–Kier alpha value is -2.49. The number of ether oxygens (including phenoxy) is 1. The average molecular weight is 399 g/mol. The number of nitrogens with zero attached hydrogens (tertiary/aromatic N) is 4. The Morgan fingerprint density at radius 3 is 2.48 bits per heavy atom. The van der Waals surface area contributed by atoms with Crippen molar-refractivity contribution in [1.29, 1.82) is 0 Å².